The Kier molecular flexibility index (Phi) is 5.75. The molecule has 0 radical (unpaired) electrons. The number of piperidine rings is 1. The topological polar surface area (TPSA) is 72.9 Å². The predicted molar refractivity (Wildman–Crippen MR) is 76.7 cm³/mol. The summed E-state index contributed by atoms with van der Waals surface area (Å²) in [7, 11) is 1.27. The van der Waals surface area contributed by atoms with Gasteiger partial charge in [0.1, 0.15) is 17.8 Å². The minimum absolute atomic E-state index is 0.00317. The van der Waals surface area contributed by atoms with Crippen molar-refractivity contribution >= 4 is 17.8 Å². The molecule has 1 amide bonds. The first kappa shape index (κ1) is 17.5. The average molecular weight is 299 g/mol. The van der Waals surface area contributed by atoms with Crippen LogP contribution in [0.5, 0.6) is 0 Å². The summed E-state index contributed by atoms with van der Waals surface area (Å²) in [6, 6.07) is 0. The molecule has 1 heterocycles. The molecule has 0 spiro atoms. The van der Waals surface area contributed by atoms with Gasteiger partial charge < -0.3 is 14.4 Å². The zero-order valence-corrected chi connectivity index (χ0v) is 13.5. The van der Waals surface area contributed by atoms with Crippen LogP contribution in [0.25, 0.3) is 0 Å². The highest BCUT2D eigenvalue weighted by Crippen LogP contribution is 2.26. The molecule has 0 aromatic carbocycles. The molecule has 2 atom stereocenters. The third-order valence-corrected chi connectivity index (χ3v) is 3.52. The van der Waals surface area contributed by atoms with Gasteiger partial charge in [0, 0.05) is 19.0 Å². The van der Waals surface area contributed by atoms with Gasteiger partial charge in [0.05, 0.1) is 7.11 Å². The van der Waals surface area contributed by atoms with Gasteiger partial charge in [-0.1, -0.05) is 6.92 Å². The van der Waals surface area contributed by atoms with E-state index in [0.29, 0.717) is 19.5 Å². The third kappa shape index (κ3) is 5.36. The second-order valence-electron chi connectivity index (χ2n) is 6.52. The minimum atomic E-state index is -0.530. The lowest BCUT2D eigenvalue weighted by Gasteiger charge is -2.36. The third-order valence-electron chi connectivity index (χ3n) is 3.52. The average Bonchev–Trinajstić information content (AvgIpc) is 2.36. The summed E-state index contributed by atoms with van der Waals surface area (Å²) < 4.78 is 9.85. The molecule has 1 fully saturated rings. The van der Waals surface area contributed by atoms with Crippen LogP contribution in [-0.4, -0.2) is 48.5 Å². The molecular formula is C15H25NO5. The van der Waals surface area contributed by atoms with Crippen molar-refractivity contribution in [2.75, 3.05) is 20.2 Å². The van der Waals surface area contributed by atoms with Gasteiger partial charge in [-0.25, -0.2) is 4.79 Å². The van der Waals surface area contributed by atoms with E-state index in [1.54, 1.807) is 4.90 Å². The van der Waals surface area contributed by atoms with Crippen LogP contribution in [0, 0.1) is 11.8 Å². The van der Waals surface area contributed by atoms with Crippen LogP contribution in [0.1, 0.15) is 40.5 Å². The summed E-state index contributed by atoms with van der Waals surface area (Å²) in [6.07, 6.45) is 0.00184. The zero-order chi connectivity index (χ0) is 16.2. The van der Waals surface area contributed by atoms with Crippen LogP contribution in [-0.2, 0) is 19.1 Å². The Morgan fingerprint density at radius 1 is 1.24 bits per heavy atom. The second-order valence-corrected chi connectivity index (χ2v) is 6.52. The molecule has 6 nitrogen and oxygen atoms in total. The van der Waals surface area contributed by atoms with E-state index in [1.165, 1.54) is 7.11 Å². The van der Waals surface area contributed by atoms with Crippen molar-refractivity contribution < 1.29 is 23.9 Å². The van der Waals surface area contributed by atoms with Gasteiger partial charge >= 0.3 is 12.1 Å². The Labute approximate surface area is 125 Å². The molecule has 0 aromatic heterocycles. The number of amides is 1. The number of likely N-dealkylation sites (tertiary alicyclic amines) is 1. The van der Waals surface area contributed by atoms with E-state index in [-0.39, 0.29) is 30.1 Å². The zero-order valence-electron chi connectivity index (χ0n) is 13.5. The monoisotopic (exact) mass is 299 g/mol. The fourth-order valence-corrected chi connectivity index (χ4v) is 2.46. The van der Waals surface area contributed by atoms with Gasteiger partial charge in [-0.2, -0.15) is 0 Å². The van der Waals surface area contributed by atoms with Crippen LogP contribution in [0.15, 0.2) is 0 Å². The lowest BCUT2D eigenvalue weighted by molar-refractivity contribution is -0.145. The Hall–Kier alpha value is -1.59. The Morgan fingerprint density at radius 3 is 2.33 bits per heavy atom. The molecule has 6 heteroatoms. The molecule has 1 saturated heterocycles. The van der Waals surface area contributed by atoms with Crippen LogP contribution in [0.2, 0.25) is 0 Å². The summed E-state index contributed by atoms with van der Waals surface area (Å²) in [5, 5.41) is 0. The number of carbonyl (C=O) groups excluding carboxylic acids is 3. The van der Waals surface area contributed by atoms with Crippen LogP contribution >= 0.6 is 0 Å². The second kappa shape index (κ2) is 6.91. The van der Waals surface area contributed by atoms with E-state index in [9.17, 15) is 14.4 Å². The van der Waals surface area contributed by atoms with Gasteiger partial charge in [-0.3, -0.25) is 9.59 Å². The molecule has 0 aliphatic carbocycles. The van der Waals surface area contributed by atoms with Crippen molar-refractivity contribution in [3.63, 3.8) is 0 Å². The smallest absolute Gasteiger partial charge is 0.410 e. The van der Waals surface area contributed by atoms with E-state index in [1.807, 2.05) is 27.7 Å². The predicted octanol–water partition coefficient (Wildman–Crippen LogP) is 2.01. The van der Waals surface area contributed by atoms with Crippen LogP contribution in [0.3, 0.4) is 0 Å². The number of methoxy groups -OCH3 is 1. The SMILES string of the molecule is COC(=O)CC(=O)C1CCN(C(=O)OC(C)(C)C)CC1C. The lowest BCUT2D eigenvalue weighted by Crippen LogP contribution is -2.47. The number of hydrogen-bond acceptors (Lipinski definition) is 5. The number of carbonyl (C=O) groups is 3. The number of ether oxygens (including phenoxy) is 2. The maximum absolute atomic E-state index is 12.0. The number of nitrogens with zero attached hydrogens (tertiary/aromatic N) is 1. The first-order valence-electron chi connectivity index (χ1n) is 7.21. The minimum Gasteiger partial charge on any atom is -0.469 e. The molecule has 1 aliphatic rings. The molecule has 0 N–H and O–H groups in total. The maximum atomic E-state index is 12.0. The standard InChI is InChI=1S/C15H25NO5/c1-10-9-16(14(19)21-15(2,3)4)7-6-11(10)12(17)8-13(18)20-5/h10-11H,6-9H2,1-5H3. The summed E-state index contributed by atoms with van der Waals surface area (Å²) in [6.45, 7) is 8.31. The molecule has 21 heavy (non-hydrogen) atoms. The van der Waals surface area contributed by atoms with Gasteiger partial charge in [0.2, 0.25) is 0 Å². The number of esters is 1. The van der Waals surface area contributed by atoms with E-state index >= 15 is 0 Å². The highest BCUT2D eigenvalue weighted by atomic mass is 16.6. The van der Waals surface area contributed by atoms with Crippen LogP contribution in [0.4, 0.5) is 4.79 Å². The van der Waals surface area contributed by atoms with Crippen molar-refractivity contribution in [1.82, 2.24) is 4.90 Å². The maximum Gasteiger partial charge on any atom is 0.410 e. The Bertz CT molecular complexity index is 413. The number of Topliss-reactive ketones (excluding diaryl/α,β-unsaturated/α-hetero) is 1. The Balaban J connectivity index is 2.56. The van der Waals surface area contributed by atoms with E-state index in [2.05, 4.69) is 4.74 Å². The van der Waals surface area contributed by atoms with Crippen molar-refractivity contribution in [1.29, 1.82) is 0 Å². The molecule has 0 bridgehead atoms. The normalized spacial score (nSPS) is 22.6. The van der Waals surface area contributed by atoms with Crippen LogP contribution < -0.4 is 0 Å². The number of rotatable bonds is 3. The molecular weight excluding hydrogens is 274 g/mol. The number of ketones is 1. The van der Waals surface area contributed by atoms with Gasteiger partial charge in [0.25, 0.3) is 0 Å². The summed E-state index contributed by atoms with van der Waals surface area (Å²) in [4.78, 5) is 36.8. The van der Waals surface area contributed by atoms with E-state index in [4.69, 9.17) is 4.74 Å². The number of hydrogen-bond donors (Lipinski definition) is 0. The highest BCUT2D eigenvalue weighted by molar-refractivity contribution is 5.97. The fourth-order valence-electron chi connectivity index (χ4n) is 2.46. The van der Waals surface area contributed by atoms with E-state index in [0.717, 1.165) is 0 Å². The highest BCUT2D eigenvalue weighted by Gasteiger charge is 2.35. The molecule has 1 aliphatic heterocycles. The quantitative estimate of drug-likeness (QED) is 0.589. The largest absolute Gasteiger partial charge is 0.469 e. The summed E-state index contributed by atoms with van der Waals surface area (Å²) in [5.41, 5.74) is -0.530. The first-order chi connectivity index (χ1) is 9.64. The molecule has 120 valence electrons. The van der Waals surface area contributed by atoms with E-state index < -0.39 is 11.6 Å². The lowest BCUT2D eigenvalue weighted by atomic mass is 9.83. The van der Waals surface area contributed by atoms with Crippen molar-refractivity contribution in [3.05, 3.63) is 0 Å². The Morgan fingerprint density at radius 2 is 1.86 bits per heavy atom. The fraction of sp³-hybridized carbons (Fsp3) is 0.800. The molecule has 1 rings (SSSR count). The van der Waals surface area contributed by atoms with Gasteiger partial charge in [0.15, 0.2) is 0 Å². The van der Waals surface area contributed by atoms with Gasteiger partial charge in [-0.05, 0) is 33.1 Å². The molecule has 0 aromatic rings. The summed E-state index contributed by atoms with van der Waals surface area (Å²) >= 11 is 0. The molecule has 0 saturated carbocycles. The van der Waals surface area contributed by atoms with Crippen molar-refractivity contribution in [3.8, 4) is 0 Å². The van der Waals surface area contributed by atoms with Gasteiger partial charge in [-0.15, -0.1) is 0 Å². The van der Waals surface area contributed by atoms with Crippen molar-refractivity contribution in [2.45, 2.75) is 46.1 Å². The van der Waals surface area contributed by atoms with Crippen molar-refractivity contribution in [2.24, 2.45) is 11.8 Å². The first-order valence-corrected chi connectivity index (χ1v) is 7.21. The summed E-state index contributed by atoms with van der Waals surface area (Å²) in [5.74, 6) is -0.828. The molecule has 2 unspecified atom stereocenters.